The van der Waals surface area contributed by atoms with Crippen LogP contribution in [0.3, 0.4) is 0 Å². The molecule has 0 aliphatic rings. The molecule has 0 unspecified atom stereocenters. The fourth-order valence-corrected chi connectivity index (χ4v) is 7.68. The Morgan fingerprint density at radius 1 is 0.750 bits per heavy atom. The molecule has 0 radical (unpaired) electrons. The largest absolute Gasteiger partial charge is 0.394 e. The third-order valence-electron chi connectivity index (χ3n) is 3.93. The Morgan fingerprint density at radius 2 is 1.00 bits per heavy atom. The number of hydrogen-bond donors (Lipinski definition) is 2. The SMILES string of the molecule is CCCC[PH](CC)(CCCC)CCCC.O=S(=O)(O)O. The maximum atomic E-state index is 8.74. The van der Waals surface area contributed by atoms with Crippen LogP contribution in [-0.2, 0) is 10.4 Å². The molecule has 20 heavy (non-hydrogen) atoms. The van der Waals surface area contributed by atoms with Gasteiger partial charge >= 0.3 is 109 Å². The fraction of sp³-hybridized carbons (Fsp3) is 1.00. The van der Waals surface area contributed by atoms with E-state index in [2.05, 4.69) is 27.7 Å². The second kappa shape index (κ2) is 13.0. The molecule has 0 spiro atoms. The predicted molar refractivity (Wildman–Crippen MR) is 92.4 cm³/mol. The molecule has 2 N–H and O–H groups in total. The molecule has 0 aromatic rings. The first kappa shape index (κ1) is 22.6. The van der Waals surface area contributed by atoms with Gasteiger partial charge in [-0.3, -0.25) is 9.11 Å². The summed E-state index contributed by atoms with van der Waals surface area (Å²) in [5.74, 6) is 0. The van der Waals surface area contributed by atoms with Crippen molar-refractivity contribution in [2.24, 2.45) is 0 Å². The third kappa shape index (κ3) is 16.4. The van der Waals surface area contributed by atoms with Crippen LogP contribution in [0.15, 0.2) is 0 Å². The second-order valence-corrected chi connectivity index (χ2v) is 11.7. The van der Waals surface area contributed by atoms with Gasteiger partial charge in [-0.05, 0) is 0 Å². The van der Waals surface area contributed by atoms with Crippen LogP contribution >= 0.6 is 7.26 Å². The molecule has 0 saturated carbocycles. The molecule has 6 heteroatoms. The second-order valence-electron chi connectivity index (χ2n) is 5.61. The van der Waals surface area contributed by atoms with Gasteiger partial charge < -0.3 is 0 Å². The van der Waals surface area contributed by atoms with E-state index in [0.717, 1.165) is 0 Å². The van der Waals surface area contributed by atoms with Crippen molar-refractivity contribution >= 4 is 17.7 Å². The monoisotopic (exact) mass is 330 g/mol. The van der Waals surface area contributed by atoms with Gasteiger partial charge in [-0.15, -0.1) is 0 Å². The summed E-state index contributed by atoms with van der Waals surface area (Å²) < 4.78 is 31.6. The van der Waals surface area contributed by atoms with E-state index in [-0.39, 0.29) is 0 Å². The molecular weight excluding hydrogens is 295 g/mol. The van der Waals surface area contributed by atoms with Crippen molar-refractivity contribution in [3.63, 3.8) is 0 Å². The molecule has 0 aromatic carbocycles. The van der Waals surface area contributed by atoms with Gasteiger partial charge in [0, 0.05) is 0 Å². The summed E-state index contributed by atoms with van der Waals surface area (Å²) >= 11 is 0. The summed E-state index contributed by atoms with van der Waals surface area (Å²) in [6.07, 6.45) is 15.0. The van der Waals surface area contributed by atoms with Gasteiger partial charge in [0.2, 0.25) is 0 Å². The van der Waals surface area contributed by atoms with Crippen molar-refractivity contribution in [3.8, 4) is 0 Å². The van der Waals surface area contributed by atoms with Gasteiger partial charge in [0.25, 0.3) is 0 Å². The summed E-state index contributed by atoms with van der Waals surface area (Å²) in [6, 6.07) is 0. The normalized spacial score (nSPS) is 12.7. The molecule has 0 bridgehead atoms. The number of hydrogen-bond acceptors (Lipinski definition) is 2. The van der Waals surface area contributed by atoms with E-state index in [9.17, 15) is 0 Å². The molecule has 0 fully saturated rings. The molecule has 0 aromatic heterocycles. The first-order chi connectivity index (χ1) is 9.24. The first-order valence-corrected chi connectivity index (χ1v) is 12.2. The Morgan fingerprint density at radius 3 is 1.15 bits per heavy atom. The Bertz CT molecular complexity index is 275. The van der Waals surface area contributed by atoms with Crippen molar-refractivity contribution in [2.45, 2.75) is 66.2 Å². The first-order valence-electron chi connectivity index (χ1n) is 7.94. The van der Waals surface area contributed by atoms with E-state index < -0.39 is 17.7 Å². The van der Waals surface area contributed by atoms with Crippen LogP contribution in [0.5, 0.6) is 0 Å². The Balaban J connectivity index is 0. The summed E-state index contributed by atoms with van der Waals surface area (Å²) in [7, 11) is -5.50. The van der Waals surface area contributed by atoms with Crippen molar-refractivity contribution in [2.75, 3.05) is 24.6 Å². The standard InChI is InChI=1S/C14H33P.H2O4S/c1-5-9-12-15(8-4,13-10-6-2)14-11-7-3;1-5(2,3)4/h15H,5-14H2,1-4H3;(H2,1,2,3,4). The van der Waals surface area contributed by atoms with Crippen LogP contribution < -0.4 is 0 Å². The van der Waals surface area contributed by atoms with Crippen molar-refractivity contribution in [1.29, 1.82) is 0 Å². The smallest absolute Gasteiger partial charge is 0.264 e. The van der Waals surface area contributed by atoms with Gasteiger partial charge in [0.15, 0.2) is 0 Å². The maximum Gasteiger partial charge on any atom is 0.394 e. The zero-order valence-electron chi connectivity index (χ0n) is 13.7. The minimum absolute atomic E-state index is 0.832. The van der Waals surface area contributed by atoms with Gasteiger partial charge in [-0.2, -0.15) is 8.42 Å². The van der Waals surface area contributed by atoms with Crippen LogP contribution in [0.4, 0.5) is 0 Å². The minimum Gasteiger partial charge on any atom is -0.264 e. The zero-order chi connectivity index (χ0) is 16.1. The van der Waals surface area contributed by atoms with Crippen molar-refractivity contribution < 1.29 is 17.5 Å². The van der Waals surface area contributed by atoms with Crippen molar-refractivity contribution in [3.05, 3.63) is 0 Å². The molecule has 126 valence electrons. The van der Waals surface area contributed by atoms with Crippen LogP contribution in [0.2, 0.25) is 0 Å². The topological polar surface area (TPSA) is 74.6 Å². The van der Waals surface area contributed by atoms with E-state index in [1.54, 1.807) is 18.5 Å². The molecule has 0 rings (SSSR count). The quantitative estimate of drug-likeness (QED) is 0.457. The molecule has 0 amide bonds. The molecule has 0 heterocycles. The van der Waals surface area contributed by atoms with E-state index in [4.69, 9.17) is 17.5 Å². The summed E-state index contributed by atoms with van der Waals surface area (Å²) in [6.45, 7) is 9.49. The Hall–Kier alpha value is 0.300. The van der Waals surface area contributed by atoms with Gasteiger partial charge in [0.1, 0.15) is 0 Å². The van der Waals surface area contributed by atoms with Gasteiger partial charge in [0.05, 0.1) is 0 Å². The molecule has 0 aliphatic heterocycles. The zero-order valence-corrected chi connectivity index (χ0v) is 15.5. The molecule has 0 atom stereocenters. The maximum absolute atomic E-state index is 8.74. The molecule has 0 aliphatic carbocycles. The van der Waals surface area contributed by atoms with Gasteiger partial charge in [-0.1, -0.05) is 0 Å². The van der Waals surface area contributed by atoms with Crippen LogP contribution in [0, 0.1) is 0 Å². The predicted octanol–water partition coefficient (Wildman–Crippen LogP) is 4.50. The van der Waals surface area contributed by atoms with Crippen LogP contribution in [-0.4, -0.2) is 42.2 Å². The molecule has 4 nitrogen and oxygen atoms in total. The number of rotatable bonds is 10. The Kier molecular flexibility index (Phi) is 14.7. The van der Waals surface area contributed by atoms with E-state index in [1.165, 1.54) is 44.7 Å². The summed E-state index contributed by atoms with van der Waals surface area (Å²) in [5, 5.41) is 0. The van der Waals surface area contributed by atoms with E-state index in [1.807, 2.05) is 0 Å². The van der Waals surface area contributed by atoms with Crippen molar-refractivity contribution in [1.82, 2.24) is 0 Å². The van der Waals surface area contributed by atoms with E-state index in [0.29, 0.717) is 0 Å². The van der Waals surface area contributed by atoms with Crippen LogP contribution in [0.25, 0.3) is 0 Å². The average molecular weight is 330 g/mol. The number of unbranched alkanes of at least 4 members (excludes halogenated alkanes) is 3. The Labute approximate surface area is 126 Å². The average Bonchev–Trinajstić information content (AvgIpc) is 2.37. The third-order valence-corrected chi connectivity index (χ3v) is 9.67. The van der Waals surface area contributed by atoms with Gasteiger partial charge in [-0.25, -0.2) is 0 Å². The fourth-order valence-electron chi connectivity index (χ4n) is 2.56. The molecular formula is C14H35O4PS. The molecule has 0 saturated heterocycles. The summed E-state index contributed by atoms with van der Waals surface area (Å²) in [4.78, 5) is 0. The minimum atomic E-state index is -4.67. The summed E-state index contributed by atoms with van der Waals surface area (Å²) in [5.41, 5.74) is 0. The van der Waals surface area contributed by atoms with E-state index >= 15 is 0 Å². The van der Waals surface area contributed by atoms with Crippen LogP contribution in [0.1, 0.15) is 66.2 Å².